The van der Waals surface area contributed by atoms with Crippen molar-refractivity contribution in [3.63, 3.8) is 0 Å². The molecule has 2 heterocycles. The number of hydrogen-bond donors (Lipinski definition) is 1. The SMILES string of the molecule is Cc1nn(C)c(C)c1CC(N)c1cc2cc(Cl)ccc2o1. The summed E-state index contributed by atoms with van der Waals surface area (Å²) in [5, 5.41) is 6.10. The average molecular weight is 304 g/mol. The first-order valence-electron chi connectivity index (χ1n) is 6.89. The summed E-state index contributed by atoms with van der Waals surface area (Å²) in [6, 6.07) is 7.34. The molecule has 2 N–H and O–H groups in total. The molecule has 3 aromatic rings. The van der Waals surface area contributed by atoms with Gasteiger partial charge < -0.3 is 10.2 Å². The lowest BCUT2D eigenvalue weighted by atomic mass is 10.0. The predicted molar refractivity (Wildman–Crippen MR) is 84.5 cm³/mol. The van der Waals surface area contributed by atoms with E-state index >= 15 is 0 Å². The number of aromatic nitrogens is 2. The Morgan fingerprint density at radius 1 is 1.33 bits per heavy atom. The minimum absolute atomic E-state index is 0.197. The van der Waals surface area contributed by atoms with E-state index in [1.807, 2.05) is 42.9 Å². The monoisotopic (exact) mass is 303 g/mol. The highest BCUT2D eigenvalue weighted by molar-refractivity contribution is 6.31. The molecule has 0 radical (unpaired) electrons. The molecule has 0 aliphatic heterocycles. The number of rotatable bonds is 3. The van der Waals surface area contributed by atoms with Crippen molar-refractivity contribution in [3.05, 3.63) is 52.0 Å². The van der Waals surface area contributed by atoms with Crippen LogP contribution in [0.2, 0.25) is 5.02 Å². The van der Waals surface area contributed by atoms with Crippen molar-refractivity contribution >= 4 is 22.6 Å². The van der Waals surface area contributed by atoms with Gasteiger partial charge in [0.15, 0.2) is 0 Å². The molecule has 0 spiro atoms. The van der Waals surface area contributed by atoms with E-state index in [-0.39, 0.29) is 6.04 Å². The van der Waals surface area contributed by atoms with Gasteiger partial charge in [-0.05, 0) is 50.1 Å². The van der Waals surface area contributed by atoms with Crippen molar-refractivity contribution in [1.82, 2.24) is 9.78 Å². The average Bonchev–Trinajstić information content (AvgIpc) is 2.95. The van der Waals surface area contributed by atoms with E-state index in [1.165, 1.54) is 5.56 Å². The van der Waals surface area contributed by atoms with E-state index in [1.54, 1.807) is 0 Å². The Hall–Kier alpha value is -1.78. The minimum atomic E-state index is -0.197. The summed E-state index contributed by atoms with van der Waals surface area (Å²) in [6.45, 7) is 4.06. The molecule has 0 saturated carbocycles. The van der Waals surface area contributed by atoms with Crippen LogP contribution in [0.4, 0.5) is 0 Å². The van der Waals surface area contributed by atoms with E-state index in [0.717, 1.165) is 28.1 Å². The molecule has 5 heteroatoms. The van der Waals surface area contributed by atoms with Crippen LogP contribution in [0, 0.1) is 13.8 Å². The molecule has 1 unspecified atom stereocenters. The third-order valence-corrected chi connectivity index (χ3v) is 4.18. The fourth-order valence-electron chi connectivity index (χ4n) is 2.65. The molecule has 110 valence electrons. The highest BCUT2D eigenvalue weighted by atomic mass is 35.5. The Morgan fingerprint density at radius 2 is 2.10 bits per heavy atom. The zero-order valence-electron chi connectivity index (χ0n) is 12.4. The third-order valence-electron chi connectivity index (χ3n) is 3.95. The van der Waals surface area contributed by atoms with Crippen molar-refractivity contribution in [2.24, 2.45) is 12.8 Å². The molecule has 0 saturated heterocycles. The quantitative estimate of drug-likeness (QED) is 0.803. The van der Waals surface area contributed by atoms with Gasteiger partial charge in [-0.1, -0.05) is 11.6 Å². The van der Waals surface area contributed by atoms with Crippen LogP contribution in [0.5, 0.6) is 0 Å². The minimum Gasteiger partial charge on any atom is -0.459 e. The molecule has 0 aliphatic rings. The van der Waals surface area contributed by atoms with Gasteiger partial charge in [0.2, 0.25) is 0 Å². The van der Waals surface area contributed by atoms with Crippen molar-refractivity contribution in [1.29, 1.82) is 0 Å². The summed E-state index contributed by atoms with van der Waals surface area (Å²) in [5.41, 5.74) is 10.5. The van der Waals surface area contributed by atoms with E-state index in [9.17, 15) is 0 Å². The molecular weight excluding hydrogens is 286 g/mol. The lowest BCUT2D eigenvalue weighted by Crippen LogP contribution is -2.13. The lowest BCUT2D eigenvalue weighted by molar-refractivity contribution is 0.493. The van der Waals surface area contributed by atoms with E-state index in [2.05, 4.69) is 12.0 Å². The van der Waals surface area contributed by atoms with Crippen molar-refractivity contribution in [3.8, 4) is 0 Å². The summed E-state index contributed by atoms with van der Waals surface area (Å²) >= 11 is 6.00. The highest BCUT2D eigenvalue weighted by Gasteiger charge is 2.17. The fourth-order valence-corrected chi connectivity index (χ4v) is 2.83. The van der Waals surface area contributed by atoms with Crippen LogP contribution >= 0.6 is 11.6 Å². The van der Waals surface area contributed by atoms with Gasteiger partial charge in [-0.15, -0.1) is 0 Å². The fraction of sp³-hybridized carbons (Fsp3) is 0.312. The Labute approximate surface area is 128 Å². The van der Waals surface area contributed by atoms with Gasteiger partial charge in [0, 0.05) is 23.2 Å². The number of fused-ring (bicyclic) bond motifs is 1. The standard InChI is InChI=1S/C16H18ClN3O/c1-9-13(10(2)20(3)19-9)8-14(18)16-7-11-6-12(17)4-5-15(11)21-16/h4-7,14H,8,18H2,1-3H3. The molecule has 0 bridgehead atoms. The molecule has 21 heavy (non-hydrogen) atoms. The van der Waals surface area contributed by atoms with Gasteiger partial charge in [-0.3, -0.25) is 4.68 Å². The Bertz CT molecular complexity index is 803. The molecule has 2 aromatic heterocycles. The van der Waals surface area contributed by atoms with Gasteiger partial charge in [-0.25, -0.2) is 0 Å². The largest absolute Gasteiger partial charge is 0.459 e. The summed E-state index contributed by atoms with van der Waals surface area (Å²) in [4.78, 5) is 0. The third kappa shape index (κ3) is 2.57. The molecule has 0 fully saturated rings. The van der Waals surface area contributed by atoms with Crippen LogP contribution < -0.4 is 5.73 Å². The van der Waals surface area contributed by atoms with Crippen LogP contribution in [0.25, 0.3) is 11.0 Å². The zero-order valence-corrected chi connectivity index (χ0v) is 13.1. The summed E-state index contributed by atoms with van der Waals surface area (Å²) in [6.07, 6.45) is 0.707. The zero-order chi connectivity index (χ0) is 15.1. The Balaban J connectivity index is 1.91. The lowest BCUT2D eigenvalue weighted by Gasteiger charge is -2.09. The van der Waals surface area contributed by atoms with Gasteiger partial charge in [0.25, 0.3) is 0 Å². The molecule has 0 aliphatic carbocycles. The number of aryl methyl sites for hydroxylation is 2. The van der Waals surface area contributed by atoms with Gasteiger partial charge in [-0.2, -0.15) is 5.10 Å². The normalized spacial score (nSPS) is 13.0. The van der Waals surface area contributed by atoms with Crippen molar-refractivity contribution < 1.29 is 4.42 Å². The Kier molecular flexibility index (Phi) is 3.51. The predicted octanol–water partition coefficient (Wildman–Crippen LogP) is 3.68. The molecule has 1 aromatic carbocycles. The first kappa shape index (κ1) is 14.2. The van der Waals surface area contributed by atoms with E-state index in [4.69, 9.17) is 21.8 Å². The Morgan fingerprint density at radius 3 is 2.76 bits per heavy atom. The number of nitrogens with two attached hydrogens (primary N) is 1. The second kappa shape index (κ2) is 5.20. The number of benzene rings is 1. The molecule has 4 nitrogen and oxygen atoms in total. The maximum atomic E-state index is 6.31. The van der Waals surface area contributed by atoms with Crippen LogP contribution in [0.1, 0.15) is 28.8 Å². The first-order chi connectivity index (χ1) is 9.95. The highest BCUT2D eigenvalue weighted by Crippen LogP contribution is 2.28. The van der Waals surface area contributed by atoms with E-state index < -0.39 is 0 Å². The first-order valence-corrected chi connectivity index (χ1v) is 7.27. The van der Waals surface area contributed by atoms with Gasteiger partial charge >= 0.3 is 0 Å². The molecule has 0 amide bonds. The summed E-state index contributed by atoms with van der Waals surface area (Å²) < 4.78 is 7.72. The number of furan rings is 1. The summed E-state index contributed by atoms with van der Waals surface area (Å²) in [7, 11) is 1.94. The van der Waals surface area contributed by atoms with Gasteiger partial charge in [0.05, 0.1) is 11.7 Å². The van der Waals surface area contributed by atoms with Crippen LogP contribution in [0.3, 0.4) is 0 Å². The maximum absolute atomic E-state index is 6.31. The topological polar surface area (TPSA) is 57.0 Å². The smallest absolute Gasteiger partial charge is 0.134 e. The van der Waals surface area contributed by atoms with Crippen molar-refractivity contribution in [2.75, 3.05) is 0 Å². The van der Waals surface area contributed by atoms with Crippen molar-refractivity contribution in [2.45, 2.75) is 26.3 Å². The summed E-state index contributed by atoms with van der Waals surface area (Å²) in [5.74, 6) is 0.773. The molecule has 1 atom stereocenters. The number of nitrogens with zero attached hydrogens (tertiary/aromatic N) is 2. The second-order valence-electron chi connectivity index (χ2n) is 5.41. The number of halogens is 1. The number of hydrogen-bond acceptors (Lipinski definition) is 3. The second-order valence-corrected chi connectivity index (χ2v) is 5.85. The van der Waals surface area contributed by atoms with Crippen LogP contribution in [-0.4, -0.2) is 9.78 Å². The maximum Gasteiger partial charge on any atom is 0.134 e. The molecular formula is C16H18ClN3O. The van der Waals surface area contributed by atoms with Crippen LogP contribution in [-0.2, 0) is 13.5 Å². The van der Waals surface area contributed by atoms with Gasteiger partial charge in [0.1, 0.15) is 11.3 Å². The van der Waals surface area contributed by atoms with E-state index in [0.29, 0.717) is 11.4 Å². The van der Waals surface area contributed by atoms with Crippen LogP contribution in [0.15, 0.2) is 28.7 Å². The molecule has 3 rings (SSSR count).